The standard InChI is InChI=1S/C19H20N6OS/c1-23-7-5-12(6-8-23)17-21-16-18(27-17)20-11-25(19(16)26)14-3-4-15-13(9-14)10-24(2)22-15/h3-4,9-12H,5-8H2,1-2H3. The highest BCUT2D eigenvalue weighted by molar-refractivity contribution is 7.18. The molecule has 8 heteroatoms. The normalized spacial score (nSPS) is 16.5. The summed E-state index contributed by atoms with van der Waals surface area (Å²) >= 11 is 1.56. The van der Waals surface area contributed by atoms with Gasteiger partial charge in [-0.1, -0.05) is 11.3 Å². The minimum absolute atomic E-state index is 0.112. The molecule has 0 N–H and O–H groups in total. The average Bonchev–Trinajstić information content (AvgIpc) is 3.25. The number of hydrogen-bond donors (Lipinski definition) is 0. The van der Waals surface area contributed by atoms with Gasteiger partial charge >= 0.3 is 0 Å². The van der Waals surface area contributed by atoms with Gasteiger partial charge in [0.2, 0.25) is 0 Å². The molecule has 0 saturated carbocycles. The number of fused-ring (bicyclic) bond motifs is 2. The predicted octanol–water partition coefficient (Wildman–Crippen LogP) is 2.54. The van der Waals surface area contributed by atoms with E-state index in [1.165, 1.54) is 0 Å². The molecule has 1 fully saturated rings. The van der Waals surface area contributed by atoms with Gasteiger partial charge in [0.25, 0.3) is 5.56 Å². The molecule has 4 heterocycles. The molecular formula is C19H20N6OS. The van der Waals surface area contributed by atoms with Crippen molar-refractivity contribution >= 4 is 32.6 Å². The van der Waals surface area contributed by atoms with Crippen LogP contribution in [-0.4, -0.2) is 49.4 Å². The van der Waals surface area contributed by atoms with Crippen molar-refractivity contribution in [3.05, 3.63) is 46.1 Å². The Labute approximate surface area is 159 Å². The Morgan fingerprint density at radius 1 is 1.19 bits per heavy atom. The SMILES string of the molecule is CN1CCC(c2nc3c(=O)n(-c4ccc5nn(C)cc5c4)cnc3s2)CC1. The van der Waals surface area contributed by atoms with Gasteiger partial charge in [-0.25, -0.2) is 9.97 Å². The third kappa shape index (κ3) is 2.85. The zero-order valence-electron chi connectivity index (χ0n) is 15.3. The summed E-state index contributed by atoms with van der Waals surface area (Å²) < 4.78 is 3.35. The summed E-state index contributed by atoms with van der Waals surface area (Å²) in [6, 6.07) is 5.78. The van der Waals surface area contributed by atoms with Gasteiger partial charge in [-0.2, -0.15) is 5.10 Å². The van der Waals surface area contributed by atoms with Crippen LogP contribution >= 0.6 is 11.3 Å². The van der Waals surface area contributed by atoms with Gasteiger partial charge < -0.3 is 4.90 Å². The highest BCUT2D eigenvalue weighted by atomic mass is 32.1. The van der Waals surface area contributed by atoms with Crippen LogP contribution in [-0.2, 0) is 7.05 Å². The van der Waals surface area contributed by atoms with Gasteiger partial charge in [-0.05, 0) is 51.2 Å². The van der Waals surface area contributed by atoms with E-state index in [1.807, 2.05) is 31.4 Å². The number of benzene rings is 1. The van der Waals surface area contributed by atoms with Gasteiger partial charge in [-0.3, -0.25) is 14.0 Å². The van der Waals surface area contributed by atoms with Crippen LogP contribution < -0.4 is 5.56 Å². The van der Waals surface area contributed by atoms with E-state index < -0.39 is 0 Å². The molecule has 0 radical (unpaired) electrons. The topological polar surface area (TPSA) is 68.8 Å². The summed E-state index contributed by atoms with van der Waals surface area (Å²) in [4.78, 5) is 25.3. The summed E-state index contributed by atoms with van der Waals surface area (Å²) in [5.41, 5.74) is 2.05. The minimum atomic E-state index is -0.112. The van der Waals surface area contributed by atoms with E-state index in [0.717, 1.165) is 52.4 Å². The molecule has 1 aliphatic rings. The number of piperidine rings is 1. The van der Waals surface area contributed by atoms with E-state index in [1.54, 1.807) is 26.9 Å². The first-order valence-electron chi connectivity index (χ1n) is 9.09. The molecule has 4 aromatic rings. The molecule has 3 aromatic heterocycles. The monoisotopic (exact) mass is 380 g/mol. The Morgan fingerprint density at radius 3 is 2.81 bits per heavy atom. The summed E-state index contributed by atoms with van der Waals surface area (Å²) in [7, 11) is 4.03. The lowest BCUT2D eigenvalue weighted by atomic mass is 9.98. The highest BCUT2D eigenvalue weighted by Gasteiger charge is 2.23. The van der Waals surface area contributed by atoms with Crippen molar-refractivity contribution in [1.29, 1.82) is 0 Å². The molecule has 1 aliphatic heterocycles. The minimum Gasteiger partial charge on any atom is -0.306 e. The number of thiazole rings is 1. The van der Waals surface area contributed by atoms with Crippen molar-refractivity contribution in [3.8, 4) is 5.69 Å². The maximum atomic E-state index is 13.1. The summed E-state index contributed by atoms with van der Waals surface area (Å²) in [6.45, 7) is 2.15. The van der Waals surface area contributed by atoms with Crippen LogP contribution in [0.4, 0.5) is 0 Å². The van der Waals surface area contributed by atoms with Crippen LogP contribution in [0.25, 0.3) is 26.9 Å². The second-order valence-electron chi connectivity index (χ2n) is 7.25. The Bertz CT molecular complexity index is 1200. The predicted molar refractivity (Wildman–Crippen MR) is 107 cm³/mol. The van der Waals surface area contributed by atoms with E-state index in [2.05, 4.69) is 22.0 Å². The van der Waals surface area contributed by atoms with Crippen molar-refractivity contribution in [2.45, 2.75) is 18.8 Å². The van der Waals surface area contributed by atoms with E-state index >= 15 is 0 Å². The van der Waals surface area contributed by atoms with Crippen molar-refractivity contribution in [2.24, 2.45) is 7.05 Å². The number of likely N-dealkylation sites (tertiary alicyclic amines) is 1. The molecular weight excluding hydrogens is 360 g/mol. The maximum Gasteiger partial charge on any atom is 0.285 e. The second-order valence-corrected chi connectivity index (χ2v) is 8.26. The van der Waals surface area contributed by atoms with Gasteiger partial charge in [0.15, 0.2) is 10.3 Å². The average molecular weight is 380 g/mol. The van der Waals surface area contributed by atoms with Crippen LogP contribution in [0.1, 0.15) is 23.8 Å². The Morgan fingerprint density at radius 2 is 2.00 bits per heavy atom. The first kappa shape index (κ1) is 16.6. The van der Waals surface area contributed by atoms with E-state index in [4.69, 9.17) is 4.98 Å². The lowest BCUT2D eigenvalue weighted by Gasteiger charge is -2.27. The summed E-state index contributed by atoms with van der Waals surface area (Å²) in [5.74, 6) is 0.431. The second kappa shape index (κ2) is 6.24. The first-order valence-corrected chi connectivity index (χ1v) is 9.90. The number of aromatic nitrogens is 5. The van der Waals surface area contributed by atoms with Crippen LogP contribution in [0.5, 0.6) is 0 Å². The quantitative estimate of drug-likeness (QED) is 0.535. The van der Waals surface area contributed by atoms with Crippen molar-refractivity contribution < 1.29 is 0 Å². The third-order valence-electron chi connectivity index (χ3n) is 5.29. The van der Waals surface area contributed by atoms with Crippen molar-refractivity contribution in [1.82, 2.24) is 29.2 Å². The maximum absolute atomic E-state index is 13.1. The van der Waals surface area contributed by atoms with E-state index in [9.17, 15) is 4.79 Å². The fraction of sp³-hybridized carbons (Fsp3) is 0.368. The fourth-order valence-electron chi connectivity index (χ4n) is 3.73. The molecule has 0 unspecified atom stereocenters. The highest BCUT2D eigenvalue weighted by Crippen LogP contribution is 2.32. The Hall–Kier alpha value is -2.58. The van der Waals surface area contributed by atoms with Crippen LogP contribution in [0.2, 0.25) is 0 Å². The van der Waals surface area contributed by atoms with Crippen molar-refractivity contribution in [2.75, 3.05) is 20.1 Å². The molecule has 27 heavy (non-hydrogen) atoms. The molecule has 0 amide bonds. The molecule has 0 bridgehead atoms. The van der Waals surface area contributed by atoms with Crippen molar-refractivity contribution in [3.63, 3.8) is 0 Å². The van der Waals surface area contributed by atoms with Gasteiger partial charge in [-0.15, -0.1) is 0 Å². The number of rotatable bonds is 2. The number of nitrogens with zero attached hydrogens (tertiary/aromatic N) is 6. The smallest absolute Gasteiger partial charge is 0.285 e. The molecule has 138 valence electrons. The first-order chi connectivity index (χ1) is 13.1. The molecule has 1 aromatic carbocycles. The van der Waals surface area contributed by atoms with Gasteiger partial charge in [0.05, 0.1) is 16.2 Å². The number of aryl methyl sites for hydroxylation is 1. The Kier molecular flexibility index (Phi) is 3.84. The zero-order valence-corrected chi connectivity index (χ0v) is 16.1. The molecule has 1 saturated heterocycles. The largest absolute Gasteiger partial charge is 0.306 e. The van der Waals surface area contributed by atoms with Gasteiger partial charge in [0.1, 0.15) is 6.33 Å². The number of hydrogen-bond acceptors (Lipinski definition) is 6. The van der Waals surface area contributed by atoms with Crippen LogP contribution in [0.3, 0.4) is 0 Å². The lowest BCUT2D eigenvalue weighted by molar-refractivity contribution is 0.255. The fourth-order valence-corrected chi connectivity index (χ4v) is 4.80. The molecule has 0 spiro atoms. The molecule has 0 atom stereocenters. The zero-order chi connectivity index (χ0) is 18.5. The summed E-state index contributed by atoms with van der Waals surface area (Å²) in [6.07, 6.45) is 5.72. The van der Waals surface area contributed by atoms with E-state index in [-0.39, 0.29) is 5.56 Å². The molecule has 7 nitrogen and oxygen atoms in total. The lowest BCUT2D eigenvalue weighted by Crippen LogP contribution is -2.29. The molecule has 5 rings (SSSR count). The van der Waals surface area contributed by atoms with Crippen LogP contribution in [0.15, 0.2) is 35.5 Å². The van der Waals surface area contributed by atoms with Crippen LogP contribution in [0, 0.1) is 0 Å². The summed E-state index contributed by atoms with van der Waals surface area (Å²) in [5, 5.41) is 6.42. The van der Waals surface area contributed by atoms with Gasteiger partial charge in [0, 0.05) is 24.5 Å². The Balaban J connectivity index is 1.57. The molecule has 0 aliphatic carbocycles. The van der Waals surface area contributed by atoms with E-state index in [0.29, 0.717) is 11.4 Å². The third-order valence-corrected chi connectivity index (χ3v) is 6.41.